The zero-order valence-electron chi connectivity index (χ0n) is 16.5. The van der Waals surface area contributed by atoms with Crippen LogP contribution in [0.1, 0.15) is 41.6 Å². The van der Waals surface area contributed by atoms with Gasteiger partial charge >= 0.3 is 12.3 Å². The molecule has 0 radical (unpaired) electrons. The van der Waals surface area contributed by atoms with Gasteiger partial charge in [0.25, 0.3) is 5.91 Å². The van der Waals surface area contributed by atoms with Crippen LogP contribution < -0.4 is 15.5 Å². The van der Waals surface area contributed by atoms with Crippen molar-refractivity contribution in [2.24, 2.45) is 5.92 Å². The summed E-state index contributed by atoms with van der Waals surface area (Å²) in [5.74, 6) is -0.416. The van der Waals surface area contributed by atoms with Crippen LogP contribution >= 0.6 is 22.9 Å². The van der Waals surface area contributed by atoms with Crippen LogP contribution in [0.3, 0.4) is 0 Å². The molecule has 1 aliphatic carbocycles. The first-order valence-electron chi connectivity index (χ1n) is 9.73. The van der Waals surface area contributed by atoms with E-state index in [1.165, 1.54) is 12.4 Å². The van der Waals surface area contributed by atoms with Crippen molar-refractivity contribution in [1.29, 1.82) is 0 Å². The normalized spacial score (nSPS) is 18.8. The number of rotatable bonds is 4. The van der Waals surface area contributed by atoms with E-state index >= 15 is 0 Å². The minimum atomic E-state index is -4.71. The summed E-state index contributed by atoms with van der Waals surface area (Å²) in [6.45, 7) is 0.783. The number of nitrogens with zero attached hydrogens (tertiary/aromatic N) is 2. The van der Waals surface area contributed by atoms with Gasteiger partial charge in [-0.15, -0.1) is 11.3 Å². The monoisotopic (exact) mass is 476 g/mol. The van der Waals surface area contributed by atoms with Crippen molar-refractivity contribution < 1.29 is 27.9 Å². The lowest BCUT2D eigenvalue weighted by Gasteiger charge is -2.37. The number of fused-ring (bicyclic) bond motifs is 1. The van der Waals surface area contributed by atoms with Crippen LogP contribution in [-0.4, -0.2) is 47.8 Å². The van der Waals surface area contributed by atoms with Crippen molar-refractivity contribution in [2.45, 2.75) is 37.4 Å². The molecule has 1 saturated carbocycles. The summed E-state index contributed by atoms with van der Waals surface area (Å²) < 4.78 is 41.5. The van der Waals surface area contributed by atoms with Gasteiger partial charge in [0.2, 0.25) is 0 Å². The second-order valence-electron chi connectivity index (χ2n) is 7.88. The maximum absolute atomic E-state index is 13.9. The van der Waals surface area contributed by atoms with Crippen molar-refractivity contribution in [2.75, 3.05) is 25.0 Å². The second kappa shape index (κ2) is 7.70. The molecule has 2 fully saturated rings. The van der Waals surface area contributed by atoms with Crippen molar-refractivity contribution in [1.82, 2.24) is 15.6 Å². The van der Waals surface area contributed by atoms with E-state index in [0.29, 0.717) is 25.9 Å². The molecule has 2 aromatic heterocycles. The van der Waals surface area contributed by atoms with Crippen molar-refractivity contribution in [3.63, 3.8) is 0 Å². The Hall–Kier alpha value is -2.27. The maximum atomic E-state index is 13.9. The molecule has 12 heteroatoms. The van der Waals surface area contributed by atoms with Gasteiger partial charge in [-0.2, -0.15) is 13.2 Å². The molecular formula is C19H20ClF3N4O3S. The van der Waals surface area contributed by atoms with E-state index in [1.54, 1.807) is 4.90 Å². The summed E-state index contributed by atoms with van der Waals surface area (Å²) in [6, 6.07) is 0. The van der Waals surface area contributed by atoms with E-state index in [-0.39, 0.29) is 27.5 Å². The SMILES string of the molecule is CNC(=O)c1csc2c(C(F)(F)F)c(Cl)c(N3CCC(C4(NC(=O)O)CC4)CC3)nc12. The van der Waals surface area contributed by atoms with Gasteiger partial charge in [0.05, 0.1) is 26.4 Å². The average molecular weight is 477 g/mol. The Bertz CT molecular complexity index is 1050. The molecule has 0 atom stereocenters. The number of piperidine rings is 1. The van der Waals surface area contributed by atoms with Crippen molar-refractivity contribution in [3.8, 4) is 0 Å². The quantitative estimate of drug-likeness (QED) is 0.610. The third-order valence-corrected chi connectivity index (χ3v) is 7.45. The number of amides is 2. The van der Waals surface area contributed by atoms with Gasteiger partial charge in [-0.1, -0.05) is 11.6 Å². The van der Waals surface area contributed by atoms with Gasteiger partial charge in [0, 0.05) is 31.1 Å². The molecule has 2 amide bonds. The van der Waals surface area contributed by atoms with E-state index in [4.69, 9.17) is 16.7 Å². The number of carbonyl (C=O) groups is 2. The Morgan fingerprint density at radius 2 is 1.97 bits per heavy atom. The number of pyridine rings is 1. The number of aromatic nitrogens is 1. The van der Waals surface area contributed by atoms with E-state index in [9.17, 15) is 22.8 Å². The highest BCUT2D eigenvalue weighted by molar-refractivity contribution is 7.17. The molecule has 1 saturated heterocycles. The fourth-order valence-corrected chi connectivity index (χ4v) is 5.87. The lowest BCUT2D eigenvalue weighted by Crippen LogP contribution is -2.47. The van der Waals surface area contributed by atoms with Crippen LogP contribution in [0.4, 0.5) is 23.8 Å². The molecule has 3 N–H and O–H groups in total. The minimum Gasteiger partial charge on any atom is -0.465 e. The molecule has 168 valence electrons. The predicted octanol–water partition coefficient (Wildman–Crippen LogP) is 4.34. The van der Waals surface area contributed by atoms with Gasteiger partial charge in [0.1, 0.15) is 5.82 Å². The zero-order valence-corrected chi connectivity index (χ0v) is 18.0. The van der Waals surface area contributed by atoms with Crippen LogP contribution in [0, 0.1) is 5.92 Å². The van der Waals surface area contributed by atoms with Crippen LogP contribution in [0.15, 0.2) is 5.38 Å². The number of thiophene rings is 1. The first kappa shape index (κ1) is 21.9. The number of hydrogen-bond acceptors (Lipinski definition) is 5. The van der Waals surface area contributed by atoms with Crippen molar-refractivity contribution >= 4 is 51.0 Å². The van der Waals surface area contributed by atoms with Gasteiger partial charge in [-0.3, -0.25) is 4.79 Å². The fourth-order valence-electron chi connectivity index (χ4n) is 4.39. The number of anilines is 1. The Morgan fingerprint density at radius 3 is 2.48 bits per heavy atom. The molecule has 4 rings (SSSR count). The summed E-state index contributed by atoms with van der Waals surface area (Å²) in [5, 5.41) is 15.0. The third kappa shape index (κ3) is 3.89. The number of carbonyl (C=O) groups excluding carboxylic acids is 1. The Morgan fingerprint density at radius 1 is 1.32 bits per heavy atom. The standard InChI is InChI=1S/C19H20ClF3N4O3S/c1-24-16(28)10-8-31-14-11(19(21,22)23)12(20)15(25-13(10)14)27-6-2-9(3-7-27)18(4-5-18)26-17(29)30/h8-9,26H,2-7H2,1H3,(H,24,28)(H,29,30). The summed E-state index contributed by atoms with van der Waals surface area (Å²) in [4.78, 5) is 29.3. The minimum absolute atomic E-state index is 0.000430. The number of hydrogen-bond donors (Lipinski definition) is 3. The first-order chi connectivity index (χ1) is 14.6. The Balaban J connectivity index is 1.69. The second-order valence-corrected chi connectivity index (χ2v) is 9.13. The molecule has 2 aromatic rings. The molecule has 3 heterocycles. The number of alkyl halides is 3. The highest BCUT2D eigenvalue weighted by atomic mass is 35.5. The first-order valence-corrected chi connectivity index (χ1v) is 11.0. The van der Waals surface area contributed by atoms with E-state index in [1.807, 2.05) is 0 Å². The van der Waals surface area contributed by atoms with E-state index < -0.39 is 34.3 Å². The van der Waals surface area contributed by atoms with Gasteiger partial charge in [-0.25, -0.2) is 9.78 Å². The Kier molecular flexibility index (Phi) is 5.45. The topological polar surface area (TPSA) is 94.6 Å². The molecule has 0 unspecified atom stereocenters. The molecule has 0 aromatic carbocycles. The predicted molar refractivity (Wildman–Crippen MR) is 111 cm³/mol. The number of carboxylic acid groups (broad SMARTS) is 1. The van der Waals surface area contributed by atoms with Gasteiger partial charge < -0.3 is 20.6 Å². The average Bonchev–Trinajstić information content (AvgIpc) is 3.35. The highest BCUT2D eigenvalue weighted by Crippen LogP contribution is 2.49. The molecule has 0 bridgehead atoms. The number of nitrogens with one attached hydrogen (secondary N) is 2. The molecule has 7 nitrogen and oxygen atoms in total. The summed E-state index contributed by atoms with van der Waals surface area (Å²) in [7, 11) is 1.40. The lowest BCUT2D eigenvalue weighted by atomic mass is 9.87. The largest absolute Gasteiger partial charge is 0.465 e. The van der Waals surface area contributed by atoms with Crippen molar-refractivity contribution in [3.05, 3.63) is 21.5 Å². The maximum Gasteiger partial charge on any atom is 0.419 e. The zero-order chi connectivity index (χ0) is 22.6. The summed E-state index contributed by atoms with van der Waals surface area (Å²) in [5.41, 5.74) is -1.37. The van der Waals surface area contributed by atoms with E-state index in [0.717, 1.165) is 24.2 Å². The molecular weight excluding hydrogens is 457 g/mol. The van der Waals surface area contributed by atoms with Crippen LogP contribution in [-0.2, 0) is 6.18 Å². The molecule has 0 spiro atoms. The summed E-state index contributed by atoms with van der Waals surface area (Å²) >= 11 is 7.02. The third-order valence-electron chi connectivity index (χ3n) is 6.10. The van der Waals surface area contributed by atoms with Gasteiger partial charge in [-0.05, 0) is 31.6 Å². The van der Waals surface area contributed by atoms with Gasteiger partial charge in [0.15, 0.2) is 0 Å². The van der Waals surface area contributed by atoms with Crippen LogP contribution in [0.5, 0.6) is 0 Å². The molecule has 1 aliphatic heterocycles. The Labute approximate surface area is 184 Å². The highest BCUT2D eigenvalue weighted by Gasteiger charge is 2.51. The number of halogens is 4. The summed E-state index contributed by atoms with van der Waals surface area (Å²) in [6.07, 6.45) is -3.05. The van der Waals surface area contributed by atoms with Crippen LogP contribution in [0.25, 0.3) is 10.2 Å². The van der Waals surface area contributed by atoms with E-state index in [2.05, 4.69) is 15.6 Å². The molecule has 31 heavy (non-hydrogen) atoms. The smallest absolute Gasteiger partial charge is 0.419 e. The fraction of sp³-hybridized carbons (Fsp3) is 0.526. The van der Waals surface area contributed by atoms with Crippen LogP contribution in [0.2, 0.25) is 5.02 Å². The molecule has 2 aliphatic rings. The lowest BCUT2D eigenvalue weighted by molar-refractivity contribution is -0.136.